The number of nitrogens with zero attached hydrogens (tertiary/aromatic N) is 2. The molecule has 0 saturated heterocycles. The molecule has 3 heterocycles. The van der Waals surface area contributed by atoms with Crippen LogP contribution in [0.15, 0.2) is 60.9 Å². The molecule has 6 heteroatoms. The molecule has 0 bridgehead atoms. The summed E-state index contributed by atoms with van der Waals surface area (Å²) in [5.74, 6) is -0.621. The average molecular weight is 412 g/mol. The van der Waals surface area contributed by atoms with Crippen LogP contribution in [0.5, 0.6) is 0 Å². The van der Waals surface area contributed by atoms with E-state index >= 15 is 0 Å². The van der Waals surface area contributed by atoms with Crippen LogP contribution in [0.3, 0.4) is 0 Å². The van der Waals surface area contributed by atoms with E-state index in [2.05, 4.69) is 16.0 Å². The molecule has 2 amide bonds. The van der Waals surface area contributed by atoms with Gasteiger partial charge < -0.3 is 14.9 Å². The first-order valence-electron chi connectivity index (χ1n) is 10.5. The Morgan fingerprint density at radius 2 is 1.61 bits per heavy atom. The number of nitrogens with one attached hydrogen (secondary N) is 1. The van der Waals surface area contributed by atoms with Gasteiger partial charge in [-0.05, 0) is 30.7 Å². The zero-order chi connectivity index (χ0) is 21.5. The standard InChI is InChI=1S/C25H24N4O2/c1-28-14-19(16-7-2-4-9-21(16)28)18-13-23(30)27-25(31)24(18)20-15-29(12-6-11-26)22-10-5-3-8-17(20)22/h2-5,7-10,14-15H,6,11-13,26H2,1H3,(H,27,30,31). The van der Waals surface area contributed by atoms with Crippen molar-refractivity contribution in [2.24, 2.45) is 12.8 Å². The second-order valence-electron chi connectivity index (χ2n) is 7.97. The highest BCUT2D eigenvalue weighted by Gasteiger charge is 2.30. The zero-order valence-corrected chi connectivity index (χ0v) is 17.4. The van der Waals surface area contributed by atoms with E-state index in [-0.39, 0.29) is 18.2 Å². The van der Waals surface area contributed by atoms with Crippen LogP contribution >= 0.6 is 0 Å². The maximum atomic E-state index is 13.2. The van der Waals surface area contributed by atoms with Crippen LogP contribution in [0.4, 0.5) is 0 Å². The number of carbonyl (C=O) groups is 2. The van der Waals surface area contributed by atoms with Crippen LogP contribution in [0.25, 0.3) is 33.0 Å². The minimum absolute atomic E-state index is 0.164. The number of amides is 2. The molecule has 4 aromatic rings. The van der Waals surface area contributed by atoms with Crippen molar-refractivity contribution in [3.63, 3.8) is 0 Å². The Kier molecular flexibility index (Phi) is 4.71. The molecule has 2 aromatic heterocycles. The Morgan fingerprint density at radius 1 is 0.935 bits per heavy atom. The van der Waals surface area contributed by atoms with Gasteiger partial charge in [-0.15, -0.1) is 0 Å². The van der Waals surface area contributed by atoms with E-state index in [1.165, 1.54) is 0 Å². The van der Waals surface area contributed by atoms with Crippen LogP contribution < -0.4 is 11.1 Å². The lowest BCUT2D eigenvalue weighted by Gasteiger charge is -2.19. The highest BCUT2D eigenvalue weighted by Crippen LogP contribution is 2.39. The third-order valence-corrected chi connectivity index (χ3v) is 6.00. The van der Waals surface area contributed by atoms with E-state index in [0.717, 1.165) is 51.5 Å². The van der Waals surface area contributed by atoms with Crippen LogP contribution in [0.2, 0.25) is 0 Å². The molecule has 1 aliphatic heterocycles. The lowest BCUT2D eigenvalue weighted by atomic mass is 9.89. The summed E-state index contributed by atoms with van der Waals surface area (Å²) in [5.41, 5.74) is 11.0. The van der Waals surface area contributed by atoms with E-state index in [0.29, 0.717) is 12.1 Å². The summed E-state index contributed by atoms with van der Waals surface area (Å²) in [5, 5.41) is 4.56. The van der Waals surface area contributed by atoms with Gasteiger partial charge in [0.05, 0.1) is 12.0 Å². The molecule has 0 unspecified atom stereocenters. The van der Waals surface area contributed by atoms with Gasteiger partial charge in [-0.3, -0.25) is 14.9 Å². The molecule has 3 N–H and O–H groups in total. The topological polar surface area (TPSA) is 82.0 Å². The van der Waals surface area contributed by atoms with Crippen molar-refractivity contribution < 1.29 is 9.59 Å². The summed E-state index contributed by atoms with van der Waals surface area (Å²) in [4.78, 5) is 25.6. The summed E-state index contributed by atoms with van der Waals surface area (Å²) in [6.07, 6.45) is 5.05. The molecular weight excluding hydrogens is 388 g/mol. The molecule has 5 rings (SSSR count). The van der Waals surface area contributed by atoms with Crippen LogP contribution in [0.1, 0.15) is 24.0 Å². The Bertz CT molecular complexity index is 1370. The van der Waals surface area contributed by atoms with Crippen molar-refractivity contribution in [2.45, 2.75) is 19.4 Å². The van der Waals surface area contributed by atoms with Gasteiger partial charge in [0.15, 0.2) is 0 Å². The number of aromatic nitrogens is 2. The molecule has 2 aromatic carbocycles. The fourth-order valence-corrected chi connectivity index (χ4v) is 4.61. The number of rotatable bonds is 5. The monoisotopic (exact) mass is 412 g/mol. The van der Waals surface area contributed by atoms with E-state index in [4.69, 9.17) is 5.73 Å². The summed E-state index contributed by atoms with van der Waals surface area (Å²) >= 11 is 0. The van der Waals surface area contributed by atoms with Crippen molar-refractivity contribution in [3.8, 4) is 0 Å². The number of hydrogen-bond donors (Lipinski definition) is 2. The molecule has 31 heavy (non-hydrogen) atoms. The van der Waals surface area contributed by atoms with Gasteiger partial charge in [0.1, 0.15) is 0 Å². The minimum Gasteiger partial charge on any atom is -0.350 e. The SMILES string of the molecule is Cn1cc(C2=C(c3cn(CCCN)c4ccccc34)C(=O)NC(=O)C2)c2ccccc21. The summed E-state index contributed by atoms with van der Waals surface area (Å²) < 4.78 is 4.19. The zero-order valence-electron chi connectivity index (χ0n) is 17.4. The molecule has 156 valence electrons. The number of hydrogen-bond acceptors (Lipinski definition) is 3. The summed E-state index contributed by atoms with van der Waals surface area (Å²) in [6, 6.07) is 16.1. The second kappa shape index (κ2) is 7.56. The highest BCUT2D eigenvalue weighted by molar-refractivity contribution is 6.36. The second-order valence-corrected chi connectivity index (χ2v) is 7.97. The lowest BCUT2D eigenvalue weighted by Crippen LogP contribution is -2.35. The van der Waals surface area contributed by atoms with Crippen molar-refractivity contribution in [3.05, 3.63) is 72.1 Å². The number of nitrogens with two attached hydrogens (primary N) is 1. The summed E-state index contributed by atoms with van der Waals surface area (Å²) in [6.45, 7) is 1.37. The van der Waals surface area contributed by atoms with Gasteiger partial charge in [0.2, 0.25) is 5.91 Å². The third-order valence-electron chi connectivity index (χ3n) is 6.00. The first kappa shape index (κ1) is 19.3. The van der Waals surface area contributed by atoms with Crippen molar-refractivity contribution in [1.29, 1.82) is 0 Å². The Hall–Kier alpha value is -3.64. The lowest BCUT2D eigenvalue weighted by molar-refractivity contribution is -0.127. The van der Waals surface area contributed by atoms with Gasteiger partial charge in [0, 0.05) is 58.9 Å². The Balaban J connectivity index is 1.81. The molecule has 6 nitrogen and oxygen atoms in total. The van der Waals surface area contributed by atoms with Gasteiger partial charge in [-0.2, -0.15) is 0 Å². The number of benzene rings is 2. The number of para-hydroxylation sites is 2. The Labute approximate surface area is 179 Å². The van der Waals surface area contributed by atoms with E-state index in [9.17, 15) is 9.59 Å². The van der Waals surface area contributed by atoms with Crippen molar-refractivity contribution >= 4 is 44.8 Å². The molecule has 0 saturated carbocycles. The maximum absolute atomic E-state index is 13.2. The number of carbonyl (C=O) groups excluding carboxylic acids is 2. The van der Waals surface area contributed by atoms with Crippen LogP contribution in [-0.4, -0.2) is 27.5 Å². The molecule has 0 atom stereocenters. The highest BCUT2D eigenvalue weighted by atomic mass is 16.2. The quantitative estimate of drug-likeness (QED) is 0.493. The molecule has 0 aliphatic carbocycles. The average Bonchev–Trinajstić information content (AvgIpc) is 3.30. The van der Waals surface area contributed by atoms with Crippen molar-refractivity contribution in [1.82, 2.24) is 14.5 Å². The maximum Gasteiger partial charge on any atom is 0.258 e. The fourth-order valence-electron chi connectivity index (χ4n) is 4.61. The van der Waals surface area contributed by atoms with Gasteiger partial charge in [-0.1, -0.05) is 36.4 Å². The largest absolute Gasteiger partial charge is 0.350 e. The molecule has 0 spiro atoms. The van der Waals surface area contributed by atoms with E-state index in [1.54, 1.807) is 0 Å². The predicted molar refractivity (Wildman–Crippen MR) is 123 cm³/mol. The number of aryl methyl sites for hydroxylation is 2. The minimum atomic E-state index is -0.346. The van der Waals surface area contributed by atoms with E-state index in [1.807, 2.05) is 66.5 Å². The first-order chi connectivity index (χ1) is 15.1. The van der Waals surface area contributed by atoms with Crippen LogP contribution in [0, 0.1) is 0 Å². The fraction of sp³-hybridized carbons (Fsp3) is 0.200. The van der Waals surface area contributed by atoms with Crippen molar-refractivity contribution in [2.75, 3.05) is 6.54 Å². The third kappa shape index (κ3) is 3.16. The molecular formula is C25H24N4O2. The van der Waals surface area contributed by atoms with Gasteiger partial charge in [0.25, 0.3) is 5.91 Å². The summed E-state index contributed by atoms with van der Waals surface area (Å²) in [7, 11) is 1.98. The van der Waals surface area contributed by atoms with Crippen LogP contribution in [-0.2, 0) is 23.2 Å². The first-order valence-corrected chi connectivity index (χ1v) is 10.5. The molecule has 0 radical (unpaired) electrons. The Morgan fingerprint density at radius 3 is 2.35 bits per heavy atom. The molecule has 0 fully saturated rings. The predicted octanol–water partition coefficient (Wildman–Crippen LogP) is 3.44. The van der Waals surface area contributed by atoms with Gasteiger partial charge >= 0.3 is 0 Å². The number of imide groups is 1. The number of fused-ring (bicyclic) bond motifs is 2. The normalized spacial score (nSPS) is 14.6. The van der Waals surface area contributed by atoms with Gasteiger partial charge in [-0.25, -0.2) is 0 Å². The van der Waals surface area contributed by atoms with E-state index < -0.39 is 0 Å². The molecule has 1 aliphatic rings. The smallest absolute Gasteiger partial charge is 0.258 e.